The van der Waals surface area contributed by atoms with Gasteiger partial charge in [0.1, 0.15) is 5.75 Å². The molecule has 0 spiro atoms. The molecule has 36 heavy (non-hydrogen) atoms. The zero-order valence-electron chi connectivity index (χ0n) is 23.5. The summed E-state index contributed by atoms with van der Waals surface area (Å²) in [6.45, 7) is 9.74. The molecule has 2 aliphatic carbocycles. The second kappa shape index (κ2) is 13.7. The highest BCUT2D eigenvalue weighted by atomic mass is 16.5. The minimum absolute atomic E-state index is 0.229. The quantitative estimate of drug-likeness (QED) is 0.387. The number of methoxy groups -OCH3 is 1. The largest absolute Gasteiger partial charge is 0.496 e. The smallest absolute Gasteiger partial charge is 0.122 e. The van der Waals surface area contributed by atoms with E-state index in [4.69, 9.17) is 4.74 Å². The van der Waals surface area contributed by atoms with Gasteiger partial charge in [-0.05, 0) is 105 Å². The monoisotopic (exact) mass is 493 g/mol. The lowest BCUT2D eigenvalue weighted by Crippen LogP contribution is -2.47. The van der Waals surface area contributed by atoms with E-state index in [-0.39, 0.29) is 6.04 Å². The summed E-state index contributed by atoms with van der Waals surface area (Å²) in [5.41, 5.74) is 5.76. The van der Waals surface area contributed by atoms with Gasteiger partial charge in [0, 0.05) is 18.6 Å². The lowest BCUT2D eigenvalue weighted by molar-refractivity contribution is 0.196. The molecule has 0 aromatic heterocycles. The number of nitrogens with one attached hydrogen (secondary N) is 2. The molecule has 2 heterocycles. The fourth-order valence-corrected chi connectivity index (χ4v) is 6.32. The van der Waals surface area contributed by atoms with Crippen molar-refractivity contribution in [1.29, 1.82) is 0 Å². The summed E-state index contributed by atoms with van der Waals surface area (Å²) in [4.78, 5) is 2.65. The number of ether oxygens (including phenoxy) is 1. The Labute approximate surface area is 220 Å². The zero-order chi connectivity index (χ0) is 25.3. The van der Waals surface area contributed by atoms with Crippen molar-refractivity contribution in [3.05, 3.63) is 52.7 Å². The van der Waals surface area contributed by atoms with Crippen LogP contribution in [0.15, 0.2) is 36.1 Å². The molecule has 1 unspecified atom stereocenters. The summed E-state index contributed by atoms with van der Waals surface area (Å²) in [5, 5.41) is 7.58. The van der Waals surface area contributed by atoms with Crippen LogP contribution in [0.2, 0.25) is 0 Å². The van der Waals surface area contributed by atoms with Crippen molar-refractivity contribution < 1.29 is 4.74 Å². The topological polar surface area (TPSA) is 36.5 Å². The van der Waals surface area contributed by atoms with Crippen molar-refractivity contribution in [2.45, 2.75) is 115 Å². The Bertz CT molecular complexity index is 874. The minimum atomic E-state index is 0.229. The molecule has 0 amide bonds. The Kier molecular flexibility index (Phi) is 10.4. The van der Waals surface area contributed by atoms with Gasteiger partial charge in [0.05, 0.1) is 13.2 Å². The van der Waals surface area contributed by atoms with Gasteiger partial charge in [-0.3, -0.25) is 4.90 Å². The van der Waals surface area contributed by atoms with E-state index in [1.54, 1.807) is 0 Å². The van der Waals surface area contributed by atoms with E-state index in [0.717, 1.165) is 43.1 Å². The first-order valence-corrected chi connectivity index (χ1v) is 15.1. The molecule has 4 heteroatoms. The predicted octanol–water partition coefficient (Wildman–Crippen LogP) is 7.02. The van der Waals surface area contributed by atoms with Crippen molar-refractivity contribution in [3.63, 3.8) is 0 Å². The summed E-state index contributed by atoms with van der Waals surface area (Å²) < 4.78 is 5.88. The third-order valence-corrected chi connectivity index (χ3v) is 8.39. The van der Waals surface area contributed by atoms with Crippen LogP contribution in [0.3, 0.4) is 0 Å². The fourth-order valence-electron chi connectivity index (χ4n) is 6.32. The Balaban J connectivity index is 0.00000148. The van der Waals surface area contributed by atoms with Crippen LogP contribution >= 0.6 is 0 Å². The van der Waals surface area contributed by atoms with E-state index >= 15 is 0 Å². The van der Waals surface area contributed by atoms with E-state index in [1.165, 1.54) is 93.1 Å². The van der Waals surface area contributed by atoms with Gasteiger partial charge >= 0.3 is 0 Å². The van der Waals surface area contributed by atoms with Crippen LogP contribution in [0, 0.1) is 0 Å². The van der Waals surface area contributed by atoms with Crippen molar-refractivity contribution in [2.75, 3.05) is 26.7 Å². The summed E-state index contributed by atoms with van der Waals surface area (Å²) in [6.07, 6.45) is 21.4. The fraction of sp³-hybridized carbons (Fsp3) is 0.688. The third kappa shape index (κ3) is 7.16. The number of piperidine rings is 1. The first-order chi connectivity index (χ1) is 17.7. The van der Waals surface area contributed by atoms with E-state index in [0.29, 0.717) is 0 Å². The molecular formula is C32H51N3O. The molecule has 1 saturated heterocycles. The standard InChI is InChI=1S/C30H45N3O.C2H6/c1-3-7-27-28(23-10-11-23)19-24(20-30(27)34-2)29-18-22(12-15-31-29)21-33-16-13-26(14-17-33)32-25-8-5-4-6-9-25;1-2/h12,15,18-20,23,25-26,29,31-32H,3-11,13-14,16-17,21H2,1-2H3;1-2H3. The maximum Gasteiger partial charge on any atom is 0.122 e. The van der Waals surface area contributed by atoms with Crippen molar-refractivity contribution >= 4 is 0 Å². The highest BCUT2D eigenvalue weighted by Crippen LogP contribution is 2.45. The average molecular weight is 494 g/mol. The van der Waals surface area contributed by atoms with Gasteiger partial charge in [0.2, 0.25) is 0 Å². The molecule has 0 radical (unpaired) electrons. The summed E-state index contributed by atoms with van der Waals surface area (Å²) >= 11 is 0. The number of rotatable bonds is 9. The van der Waals surface area contributed by atoms with Crippen molar-refractivity contribution in [3.8, 4) is 5.75 Å². The molecule has 2 aliphatic heterocycles. The number of dihydropyridines is 1. The Morgan fingerprint density at radius 2 is 1.69 bits per heavy atom. The van der Waals surface area contributed by atoms with Crippen LogP contribution in [0.4, 0.5) is 0 Å². The van der Waals surface area contributed by atoms with Gasteiger partial charge in [-0.1, -0.05) is 58.6 Å². The SMILES string of the molecule is CC.CCCc1c(OC)cc(C2C=C(CN3CCC(NC4CCCCC4)CC3)C=CN2)cc1C1CC1. The number of benzene rings is 1. The normalized spacial score (nSPS) is 23.4. The van der Waals surface area contributed by atoms with Crippen LogP contribution in [0.5, 0.6) is 5.75 Å². The van der Waals surface area contributed by atoms with Crippen LogP contribution in [-0.2, 0) is 6.42 Å². The van der Waals surface area contributed by atoms with Gasteiger partial charge in [-0.15, -0.1) is 0 Å². The number of hydrogen-bond acceptors (Lipinski definition) is 4. The lowest BCUT2D eigenvalue weighted by atomic mass is 9.92. The molecule has 1 aromatic carbocycles. The first-order valence-electron chi connectivity index (χ1n) is 15.1. The van der Waals surface area contributed by atoms with Crippen LogP contribution in [-0.4, -0.2) is 43.7 Å². The number of hydrogen-bond donors (Lipinski definition) is 2. The Morgan fingerprint density at radius 1 is 0.972 bits per heavy atom. The number of nitrogens with zero attached hydrogens (tertiary/aromatic N) is 1. The zero-order valence-corrected chi connectivity index (χ0v) is 23.5. The van der Waals surface area contributed by atoms with Crippen LogP contribution in [0.1, 0.15) is 114 Å². The second-order valence-corrected chi connectivity index (χ2v) is 11.1. The first kappa shape index (κ1) is 27.3. The molecule has 1 aromatic rings. The van der Waals surface area contributed by atoms with Crippen molar-refractivity contribution in [1.82, 2.24) is 15.5 Å². The molecule has 200 valence electrons. The molecule has 2 N–H and O–H groups in total. The Morgan fingerprint density at radius 3 is 2.36 bits per heavy atom. The van der Waals surface area contributed by atoms with E-state index in [2.05, 4.69) is 52.9 Å². The minimum Gasteiger partial charge on any atom is -0.496 e. The van der Waals surface area contributed by atoms with Crippen molar-refractivity contribution in [2.24, 2.45) is 0 Å². The molecule has 1 atom stereocenters. The average Bonchev–Trinajstić information content (AvgIpc) is 3.78. The van der Waals surface area contributed by atoms with E-state index in [1.807, 2.05) is 21.0 Å². The summed E-state index contributed by atoms with van der Waals surface area (Å²) in [6, 6.07) is 6.48. The Hall–Kier alpha value is -1.78. The molecule has 4 aliphatic rings. The predicted molar refractivity (Wildman–Crippen MR) is 153 cm³/mol. The van der Waals surface area contributed by atoms with Crippen LogP contribution in [0.25, 0.3) is 0 Å². The molecule has 0 bridgehead atoms. The maximum atomic E-state index is 5.88. The maximum absolute atomic E-state index is 5.88. The molecule has 5 rings (SSSR count). The highest BCUT2D eigenvalue weighted by molar-refractivity contribution is 5.49. The molecule has 4 nitrogen and oxygen atoms in total. The van der Waals surface area contributed by atoms with E-state index < -0.39 is 0 Å². The molecule has 3 fully saturated rings. The van der Waals surface area contributed by atoms with Gasteiger partial charge in [-0.25, -0.2) is 0 Å². The lowest BCUT2D eigenvalue weighted by Gasteiger charge is -2.36. The van der Waals surface area contributed by atoms with Gasteiger partial charge in [0.15, 0.2) is 0 Å². The highest BCUT2D eigenvalue weighted by Gasteiger charge is 2.29. The third-order valence-electron chi connectivity index (χ3n) is 8.39. The summed E-state index contributed by atoms with van der Waals surface area (Å²) in [7, 11) is 1.83. The second-order valence-electron chi connectivity index (χ2n) is 11.1. The van der Waals surface area contributed by atoms with Gasteiger partial charge < -0.3 is 15.4 Å². The molecular weight excluding hydrogens is 442 g/mol. The number of likely N-dealkylation sites (tertiary alicyclic amines) is 1. The summed E-state index contributed by atoms with van der Waals surface area (Å²) in [5.74, 6) is 1.82. The van der Waals surface area contributed by atoms with E-state index in [9.17, 15) is 0 Å². The van der Waals surface area contributed by atoms with Gasteiger partial charge in [-0.2, -0.15) is 0 Å². The van der Waals surface area contributed by atoms with Crippen LogP contribution < -0.4 is 15.4 Å². The molecule has 2 saturated carbocycles. The van der Waals surface area contributed by atoms with Gasteiger partial charge in [0.25, 0.3) is 0 Å².